The Morgan fingerprint density at radius 2 is 1.82 bits per heavy atom. The first-order valence-corrected chi connectivity index (χ1v) is 13.5. The lowest BCUT2D eigenvalue weighted by Crippen LogP contribution is -2.50. The van der Waals surface area contributed by atoms with E-state index in [1.807, 2.05) is 36.4 Å². The van der Waals surface area contributed by atoms with Crippen molar-refractivity contribution in [2.75, 3.05) is 20.1 Å². The fraction of sp³-hybridized carbons (Fsp3) is 0.577. The minimum absolute atomic E-state index is 0.0181. The van der Waals surface area contributed by atoms with Gasteiger partial charge in [0.2, 0.25) is 0 Å². The van der Waals surface area contributed by atoms with Gasteiger partial charge in [0.1, 0.15) is 16.8 Å². The monoisotopic (exact) mass is 484 g/mol. The average molecular weight is 485 g/mol. The summed E-state index contributed by atoms with van der Waals surface area (Å²) in [4.78, 5) is 29.7. The molecule has 2 N–H and O–H groups in total. The molecule has 34 heavy (non-hydrogen) atoms. The van der Waals surface area contributed by atoms with Gasteiger partial charge in [0, 0.05) is 31.6 Å². The normalized spacial score (nSPS) is 25.9. The summed E-state index contributed by atoms with van der Waals surface area (Å²) in [6.45, 7) is 7.33. The number of hydrogen-bond acceptors (Lipinski definition) is 5. The summed E-state index contributed by atoms with van der Waals surface area (Å²) < 4.78 is 14.9. The van der Waals surface area contributed by atoms with Crippen LogP contribution in [-0.4, -0.2) is 52.2 Å². The number of amides is 2. The van der Waals surface area contributed by atoms with Gasteiger partial charge in [-0.15, -0.1) is 4.31 Å². The SMILES string of the molecule is CNC(=O)c1cc(C)c(/C=C/[S+]([O-])N2CCC3(CC2)N=C(C2CCC(C)CC2)NC3=O)c(C)c1. The Kier molecular flexibility index (Phi) is 7.50. The Bertz CT molecular complexity index is 982. The number of nitrogens with zero attached hydrogens (tertiary/aromatic N) is 2. The van der Waals surface area contributed by atoms with E-state index in [9.17, 15) is 14.1 Å². The van der Waals surface area contributed by atoms with Crippen molar-refractivity contribution in [1.29, 1.82) is 0 Å². The second kappa shape index (κ2) is 10.2. The summed E-state index contributed by atoms with van der Waals surface area (Å²) in [5.74, 6) is 1.92. The number of rotatable bonds is 5. The third-order valence-corrected chi connectivity index (χ3v) is 8.88. The van der Waals surface area contributed by atoms with Gasteiger partial charge in [0.25, 0.3) is 11.8 Å². The van der Waals surface area contributed by atoms with Crippen molar-refractivity contribution in [3.05, 3.63) is 39.8 Å². The van der Waals surface area contributed by atoms with Crippen LogP contribution in [0.2, 0.25) is 0 Å². The molecule has 1 aromatic rings. The topological polar surface area (TPSA) is 96.9 Å². The molecule has 2 amide bonds. The van der Waals surface area contributed by atoms with Crippen LogP contribution in [0.5, 0.6) is 0 Å². The van der Waals surface area contributed by atoms with Gasteiger partial charge in [0.15, 0.2) is 0 Å². The quantitative estimate of drug-likeness (QED) is 0.625. The molecule has 0 aromatic heterocycles. The van der Waals surface area contributed by atoms with Gasteiger partial charge in [-0.05, 0) is 80.3 Å². The van der Waals surface area contributed by atoms with Crippen LogP contribution in [0.15, 0.2) is 22.5 Å². The van der Waals surface area contributed by atoms with Crippen LogP contribution in [-0.2, 0) is 16.2 Å². The summed E-state index contributed by atoms with van der Waals surface area (Å²) in [7, 11) is 1.62. The second-order valence-corrected chi connectivity index (χ2v) is 11.4. The van der Waals surface area contributed by atoms with Crippen LogP contribution in [0, 0.1) is 25.7 Å². The largest absolute Gasteiger partial charge is 0.593 e. The third-order valence-electron chi connectivity index (χ3n) is 7.64. The van der Waals surface area contributed by atoms with E-state index in [0.717, 1.165) is 41.3 Å². The molecule has 4 rings (SSSR count). The maximum absolute atomic E-state index is 13.0. The molecule has 184 valence electrons. The van der Waals surface area contributed by atoms with Crippen molar-refractivity contribution in [2.24, 2.45) is 16.8 Å². The summed E-state index contributed by atoms with van der Waals surface area (Å²) in [6, 6.07) is 3.70. The molecule has 8 heteroatoms. The van der Waals surface area contributed by atoms with Crippen LogP contribution in [0.25, 0.3) is 6.08 Å². The van der Waals surface area contributed by atoms with E-state index in [2.05, 4.69) is 17.6 Å². The lowest BCUT2D eigenvalue weighted by atomic mass is 9.82. The first-order chi connectivity index (χ1) is 16.2. The Balaban J connectivity index is 1.38. The van der Waals surface area contributed by atoms with E-state index >= 15 is 0 Å². The third kappa shape index (κ3) is 5.09. The van der Waals surface area contributed by atoms with E-state index in [0.29, 0.717) is 37.4 Å². The summed E-state index contributed by atoms with van der Waals surface area (Å²) in [5.41, 5.74) is 2.83. The average Bonchev–Trinajstić information content (AvgIpc) is 3.14. The fourth-order valence-corrected chi connectivity index (χ4v) is 6.34. The van der Waals surface area contributed by atoms with Crippen molar-refractivity contribution in [2.45, 2.75) is 64.8 Å². The molecule has 1 aromatic carbocycles. The highest BCUT2D eigenvalue weighted by Crippen LogP contribution is 2.36. The molecule has 2 heterocycles. The Morgan fingerprint density at radius 1 is 1.21 bits per heavy atom. The van der Waals surface area contributed by atoms with E-state index in [-0.39, 0.29) is 11.8 Å². The molecule has 1 atom stereocenters. The van der Waals surface area contributed by atoms with Gasteiger partial charge in [-0.25, -0.2) is 0 Å². The molecule has 0 bridgehead atoms. The standard InChI is InChI=1S/C26H36N4O3S/c1-17-5-7-20(8-6-17)23-28-25(32)26(29-23)10-12-30(13-11-26)34(33)14-9-22-18(2)15-21(16-19(22)3)24(31)27-4/h9,14-17,20H,5-8,10-13H2,1-4H3,(H,27,31)(H,28,29,32)/b14-9+. The van der Waals surface area contributed by atoms with Crippen molar-refractivity contribution in [3.8, 4) is 0 Å². The molecule has 2 aliphatic heterocycles. The number of nitrogens with one attached hydrogen (secondary N) is 2. The van der Waals surface area contributed by atoms with Crippen molar-refractivity contribution < 1.29 is 14.1 Å². The highest BCUT2D eigenvalue weighted by Gasteiger charge is 2.48. The number of benzene rings is 1. The van der Waals surface area contributed by atoms with Crippen LogP contribution in [0.1, 0.15) is 72.5 Å². The first kappa shape index (κ1) is 24.9. The first-order valence-electron chi connectivity index (χ1n) is 12.3. The maximum Gasteiger partial charge on any atom is 0.253 e. The zero-order valence-corrected chi connectivity index (χ0v) is 21.5. The maximum atomic E-state index is 13.0. The lowest BCUT2D eigenvalue weighted by molar-refractivity contribution is -0.124. The molecule has 7 nitrogen and oxygen atoms in total. The summed E-state index contributed by atoms with van der Waals surface area (Å²) in [6.07, 6.45) is 7.63. The fourth-order valence-electron chi connectivity index (χ4n) is 5.37. The van der Waals surface area contributed by atoms with Crippen LogP contribution >= 0.6 is 0 Å². The number of hydrogen-bond donors (Lipinski definition) is 2. The van der Waals surface area contributed by atoms with Crippen molar-refractivity contribution in [3.63, 3.8) is 0 Å². The number of amidine groups is 1. The molecular formula is C26H36N4O3S. The second-order valence-electron chi connectivity index (χ2n) is 10.1. The number of aliphatic imine (C=N–C) groups is 1. The lowest BCUT2D eigenvalue weighted by Gasteiger charge is -2.34. The minimum Gasteiger partial charge on any atom is -0.593 e. The highest BCUT2D eigenvalue weighted by atomic mass is 32.2. The van der Waals surface area contributed by atoms with Gasteiger partial charge >= 0.3 is 0 Å². The molecule has 0 radical (unpaired) electrons. The minimum atomic E-state index is -1.29. The number of piperidine rings is 1. The van der Waals surface area contributed by atoms with Gasteiger partial charge in [-0.1, -0.05) is 19.8 Å². The zero-order chi connectivity index (χ0) is 24.5. The van der Waals surface area contributed by atoms with Gasteiger partial charge in [-0.2, -0.15) is 0 Å². The van der Waals surface area contributed by atoms with Gasteiger partial charge in [-0.3, -0.25) is 14.6 Å². The van der Waals surface area contributed by atoms with Gasteiger partial charge in [0.05, 0.1) is 11.4 Å². The molecule has 1 spiro atoms. The Labute approximate surface area is 205 Å². The smallest absolute Gasteiger partial charge is 0.253 e. The van der Waals surface area contributed by atoms with Crippen LogP contribution in [0.4, 0.5) is 0 Å². The predicted molar refractivity (Wildman–Crippen MR) is 137 cm³/mol. The number of aryl methyl sites for hydroxylation is 2. The molecule has 3 aliphatic rings. The molecule has 1 saturated carbocycles. The van der Waals surface area contributed by atoms with Crippen molar-refractivity contribution >= 4 is 35.1 Å². The Hall–Kier alpha value is -2.16. The zero-order valence-electron chi connectivity index (χ0n) is 20.6. The highest BCUT2D eigenvalue weighted by molar-refractivity contribution is 7.92. The number of carbonyl (C=O) groups is 2. The number of carbonyl (C=O) groups excluding carboxylic acids is 2. The van der Waals surface area contributed by atoms with E-state index < -0.39 is 16.9 Å². The van der Waals surface area contributed by atoms with E-state index in [1.54, 1.807) is 12.5 Å². The molecule has 1 saturated heterocycles. The molecule has 1 aliphatic carbocycles. The van der Waals surface area contributed by atoms with Crippen molar-refractivity contribution in [1.82, 2.24) is 14.9 Å². The van der Waals surface area contributed by atoms with Gasteiger partial charge < -0.3 is 15.2 Å². The predicted octanol–water partition coefficient (Wildman–Crippen LogP) is 3.49. The summed E-state index contributed by atoms with van der Waals surface area (Å²) >= 11 is -1.29. The van der Waals surface area contributed by atoms with Crippen LogP contribution in [0.3, 0.4) is 0 Å². The Morgan fingerprint density at radius 3 is 2.41 bits per heavy atom. The van der Waals surface area contributed by atoms with Crippen LogP contribution < -0.4 is 10.6 Å². The molecule has 1 unspecified atom stereocenters. The summed E-state index contributed by atoms with van der Waals surface area (Å²) in [5, 5.41) is 7.45. The molecule has 2 fully saturated rings. The molecular weight excluding hydrogens is 448 g/mol. The van der Waals surface area contributed by atoms with E-state index in [1.165, 1.54) is 12.8 Å². The van der Waals surface area contributed by atoms with E-state index in [4.69, 9.17) is 4.99 Å².